The zero-order chi connectivity index (χ0) is 26.3. The SMILES string of the molecule is CC(C)(C)OC(=O)N1CCN(C(=O)N2CCN(c3ccc(OCCCN4CCCCC4)cc3)CC2)CC1. The smallest absolute Gasteiger partial charge is 0.410 e. The van der Waals surface area contributed by atoms with Gasteiger partial charge in [-0.1, -0.05) is 6.42 Å². The standard InChI is InChI=1S/C28H45N5O4/c1-28(2,3)37-27(35)33-21-19-32(20-22-33)26(34)31-17-15-30(16-18-31)24-8-10-25(11-9-24)36-23-7-14-29-12-5-4-6-13-29/h8-11H,4-7,12-23H2,1-3H3. The number of carbonyl (C=O) groups excluding carboxylic acids is 2. The number of anilines is 1. The molecule has 0 spiro atoms. The predicted molar refractivity (Wildman–Crippen MR) is 145 cm³/mol. The summed E-state index contributed by atoms with van der Waals surface area (Å²) in [5, 5.41) is 0. The van der Waals surface area contributed by atoms with Crippen LogP contribution in [0.1, 0.15) is 46.5 Å². The second-order valence-electron chi connectivity index (χ2n) is 11.3. The van der Waals surface area contributed by atoms with Gasteiger partial charge in [0.05, 0.1) is 6.61 Å². The first-order valence-electron chi connectivity index (χ1n) is 14.0. The van der Waals surface area contributed by atoms with Gasteiger partial charge in [-0.3, -0.25) is 0 Å². The highest BCUT2D eigenvalue weighted by atomic mass is 16.6. The summed E-state index contributed by atoms with van der Waals surface area (Å²) in [6.07, 6.45) is 4.80. The second kappa shape index (κ2) is 12.7. The van der Waals surface area contributed by atoms with Gasteiger partial charge in [-0.2, -0.15) is 0 Å². The van der Waals surface area contributed by atoms with Crippen LogP contribution >= 0.6 is 0 Å². The molecule has 0 N–H and O–H groups in total. The van der Waals surface area contributed by atoms with Crippen LogP contribution in [0.2, 0.25) is 0 Å². The number of hydrogen-bond acceptors (Lipinski definition) is 6. The van der Waals surface area contributed by atoms with E-state index < -0.39 is 5.60 Å². The van der Waals surface area contributed by atoms with Crippen LogP contribution in [0.4, 0.5) is 15.3 Å². The molecule has 3 saturated heterocycles. The first-order chi connectivity index (χ1) is 17.8. The van der Waals surface area contributed by atoms with E-state index in [4.69, 9.17) is 9.47 Å². The van der Waals surface area contributed by atoms with Crippen molar-refractivity contribution in [2.24, 2.45) is 0 Å². The molecule has 0 atom stereocenters. The van der Waals surface area contributed by atoms with Gasteiger partial charge in [0, 0.05) is 64.6 Å². The molecule has 0 radical (unpaired) electrons. The molecule has 0 aromatic heterocycles. The number of ether oxygens (including phenoxy) is 2. The number of nitrogens with zero attached hydrogens (tertiary/aromatic N) is 5. The molecule has 4 rings (SSSR count). The molecule has 1 aromatic rings. The van der Waals surface area contributed by atoms with Crippen molar-refractivity contribution in [2.75, 3.05) is 83.5 Å². The number of carbonyl (C=O) groups is 2. The molecular formula is C28H45N5O4. The van der Waals surface area contributed by atoms with Gasteiger partial charge in [0.25, 0.3) is 0 Å². The predicted octanol–water partition coefficient (Wildman–Crippen LogP) is 3.74. The molecule has 0 unspecified atom stereocenters. The Morgan fingerprint density at radius 3 is 1.92 bits per heavy atom. The number of likely N-dealkylation sites (tertiary alicyclic amines) is 1. The zero-order valence-electron chi connectivity index (χ0n) is 23.0. The maximum absolute atomic E-state index is 13.1. The van der Waals surface area contributed by atoms with Gasteiger partial charge >= 0.3 is 12.1 Å². The molecular weight excluding hydrogens is 470 g/mol. The fraction of sp³-hybridized carbons (Fsp3) is 0.714. The average Bonchev–Trinajstić information content (AvgIpc) is 2.91. The highest BCUT2D eigenvalue weighted by molar-refractivity contribution is 5.75. The van der Waals surface area contributed by atoms with Gasteiger partial charge < -0.3 is 34.0 Å². The van der Waals surface area contributed by atoms with Crippen LogP contribution in [0.5, 0.6) is 5.75 Å². The lowest BCUT2D eigenvalue weighted by Crippen LogP contribution is -2.57. The molecule has 0 saturated carbocycles. The Morgan fingerprint density at radius 1 is 0.757 bits per heavy atom. The number of hydrogen-bond donors (Lipinski definition) is 0. The topological polar surface area (TPSA) is 68.8 Å². The monoisotopic (exact) mass is 515 g/mol. The number of benzene rings is 1. The molecule has 0 aliphatic carbocycles. The van der Waals surface area contributed by atoms with Gasteiger partial charge in [-0.15, -0.1) is 0 Å². The summed E-state index contributed by atoms with van der Waals surface area (Å²) in [5.41, 5.74) is 0.655. The Balaban J connectivity index is 1.14. The maximum atomic E-state index is 13.1. The Kier molecular flexibility index (Phi) is 9.40. The Bertz CT molecular complexity index is 866. The third-order valence-corrected chi connectivity index (χ3v) is 7.29. The van der Waals surface area contributed by atoms with Crippen LogP contribution in [0.25, 0.3) is 0 Å². The van der Waals surface area contributed by atoms with Crippen LogP contribution in [-0.2, 0) is 4.74 Å². The van der Waals surface area contributed by atoms with E-state index in [9.17, 15) is 9.59 Å². The summed E-state index contributed by atoms with van der Waals surface area (Å²) in [6, 6.07) is 8.41. The molecule has 3 heterocycles. The maximum Gasteiger partial charge on any atom is 0.410 e. The quantitative estimate of drug-likeness (QED) is 0.538. The van der Waals surface area contributed by atoms with Crippen LogP contribution < -0.4 is 9.64 Å². The first-order valence-corrected chi connectivity index (χ1v) is 14.0. The summed E-state index contributed by atoms with van der Waals surface area (Å²) in [5.74, 6) is 0.918. The van der Waals surface area contributed by atoms with E-state index in [-0.39, 0.29) is 12.1 Å². The van der Waals surface area contributed by atoms with Crippen LogP contribution in [0.3, 0.4) is 0 Å². The Morgan fingerprint density at radius 2 is 1.32 bits per heavy atom. The second-order valence-corrected chi connectivity index (χ2v) is 11.3. The van der Waals surface area contributed by atoms with Crippen molar-refractivity contribution in [3.8, 4) is 5.75 Å². The van der Waals surface area contributed by atoms with E-state index in [0.29, 0.717) is 39.3 Å². The normalized spacial score (nSPS) is 19.6. The summed E-state index contributed by atoms with van der Waals surface area (Å²) < 4.78 is 11.4. The van der Waals surface area contributed by atoms with Crippen molar-refractivity contribution < 1.29 is 19.1 Å². The molecule has 3 aliphatic heterocycles. The van der Waals surface area contributed by atoms with E-state index >= 15 is 0 Å². The lowest BCUT2D eigenvalue weighted by Gasteiger charge is -2.41. The van der Waals surface area contributed by atoms with Gasteiger partial charge in [-0.05, 0) is 77.4 Å². The minimum Gasteiger partial charge on any atom is -0.494 e. The average molecular weight is 516 g/mol. The van der Waals surface area contributed by atoms with Crippen molar-refractivity contribution in [1.82, 2.24) is 19.6 Å². The van der Waals surface area contributed by atoms with Crippen LogP contribution in [-0.4, -0.2) is 116 Å². The number of rotatable bonds is 6. The van der Waals surface area contributed by atoms with Gasteiger partial charge in [0.15, 0.2) is 0 Å². The summed E-state index contributed by atoms with van der Waals surface area (Å²) in [4.78, 5) is 35.7. The number of urea groups is 1. The highest BCUT2D eigenvalue weighted by Gasteiger charge is 2.31. The summed E-state index contributed by atoms with van der Waals surface area (Å²) >= 11 is 0. The third-order valence-electron chi connectivity index (χ3n) is 7.29. The van der Waals surface area contributed by atoms with Gasteiger partial charge in [-0.25, -0.2) is 9.59 Å². The molecule has 1 aromatic carbocycles. The van der Waals surface area contributed by atoms with E-state index in [2.05, 4.69) is 34.1 Å². The molecule has 3 aliphatic rings. The van der Waals surface area contributed by atoms with E-state index in [1.165, 1.54) is 38.0 Å². The van der Waals surface area contributed by atoms with Crippen molar-refractivity contribution in [3.05, 3.63) is 24.3 Å². The van der Waals surface area contributed by atoms with Crippen LogP contribution in [0, 0.1) is 0 Å². The van der Waals surface area contributed by atoms with E-state index in [0.717, 1.165) is 38.4 Å². The molecule has 3 amide bonds. The Hall–Kier alpha value is -2.68. The number of amides is 3. The van der Waals surface area contributed by atoms with Gasteiger partial charge in [0.2, 0.25) is 0 Å². The Labute approximate surface area is 222 Å². The van der Waals surface area contributed by atoms with Crippen molar-refractivity contribution >= 4 is 17.8 Å². The molecule has 9 nitrogen and oxygen atoms in total. The molecule has 206 valence electrons. The number of piperazine rings is 2. The lowest BCUT2D eigenvalue weighted by molar-refractivity contribution is 0.0157. The van der Waals surface area contributed by atoms with Crippen molar-refractivity contribution in [2.45, 2.75) is 52.1 Å². The fourth-order valence-corrected chi connectivity index (χ4v) is 5.18. The highest BCUT2D eigenvalue weighted by Crippen LogP contribution is 2.22. The van der Waals surface area contributed by atoms with E-state index in [1.54, 1.807) is 4.90 Å². The third kappa shape index (κ3) is 8.15. The molecule has 3 fully saturated rings. The molecule has 37 heavy (non-hydrogen) atoms. The van der Waals surface area contributed by atoms with Crippen molar-refractivity contribution in [3.63, 3.8) is 0 Å². The largest absolute Gasteiger partial charge is 0.494 e. The molecule has 0 bridgehead atoms. The number of piperidine rings is 1. The minimum atomic E-state index is -0.510. The van der Waals surface area contributed by atoms with E-state index in [1.807, 2.05) is 30.6 Å². The summed E-state index contributed by atoms with van der Waals surface area (Å²) in [7, 11) is 0. The van der Waals surface area contributed by atoms with Crippen molar-refractivity contribution in [1.29, 1.82) is 0 Å². The fourth-order valence-electron chi connectivity index (χ4n) is 5.18. The zero-order valence-corrected chi connectivity index (χ0v) is 23.0. The summed E-state index contributed by atoms with van der Waals surface area (Å²) in [6.45, 7) is 15.0. The van der Waals surface area contributed by atoms with Gasteiger partial charge in [0.1, 0.15) is 11.4 Å². The minimum absolute atomic E-state index is 0.0665. The molecule has 9 heteroatoms. The lowest BCUT2D eigenvalue weighted by atomic mass is 10.1. The van der Waals surface area contributed by atoms with Crippen LogP contribution in [0.15, 0.2) is 24.3 Å². The first kappa shape index (κ1) is 27.4.